The molecule has 2 aromatic rings. The Morgan fingerprint density at radius 3 is 2.31 bits per heavy atom. The van der Waals surface area contributed by atoms with Crippen molar-refractivity contribution < 1.29 is 22.4 Å². The fourth-order valence-electron chi connectivity index (χ4n) is 4.41. The Kier molecular flexibility index (Phi) is 8.88. The molecule has 1 N–H and O–H groups in total. The molecule has 0 heterocycles. The second-order valence-corrected chi connectivity index (χ2v) is 11.0. The van der Waals surface area contributed by atoms with Crippen LogP contribution in [0.25, 0.3) is 0 Å². The van der Waals surface area contributed by atoms with Crippen LogP contribution in [0.3, 0.4) is 0 Å². The van der Waals surface area contributed by atoms with Gasteiger partial charge in [-0.3, -0.25) is 13.9 Å². The van der Waals surface area contributed by atoms with Crippen molar-refractivity contribution >= 4 is 27.5 Å². The molecule has 1 atom stereocenters. The summed E-state index contributed by atoms with van der Waals surface area (Å²) in [5, 5.41) is 3.02. The summed E-state index contributed by atoms with van der Waals surface area (Å²) in [6.45, 7) is 3.15. The number of sulfonamides is 1. The Morgan fingerprint density at radius 1 is 1.09 bits per heavy atom. The standard InChI is InChI=1S/C26H34FN3O4S/c1-4-21-9-5-8-12-24(21)30(35(3,33)34)18-25(31)29(17-20-13-15-22(27)16-14-20)19(2)26(32)28-23-10-6-7-11-23/h5,8-9,12-16,19,23H,4,6-7,10-11,17-18H2,1-3H3,(H,28,32)/t19-/m0/s1. The van der Waals surface area contributed by atoms with Gasteiger partial charge in [0.05, 0.1) is 11.9 Å². The van der Waals surface area contributed by atoms with Gasteiger partial charge in [0.2, 0.25) is 21.8 Å². The van der Waals surface area contributed by atoms with Crippen LogP contribution in [0.2, 0.25) is 0 Å². The Morgan fingerprint density at radius 2 is 1.71 bits per heavy atom. The highest BCUT2D eigenvalue weighted by Crippen LogP contribution is 2.24. The number of carbonyl (C=O) groups is 2. The highest BCUT2D eigenvalue weighted by molar-refractivity contribution is 7.92. The van der Waals surface area contributed by atoms with E-state index in [1.807, 2.05) is 19.1 Å². The van der Waals surface area contributed by atoms with Crippen LogP contribution < -0.4 is 9.62 Å². The summed E-state index contributed by atoms with van der Waals surface area (Å²) in [4.78, 5) is 28.0. The lowest BCUT2D eigenvalue weighted by Crippen LogP contribution is -2.52. The summed E-state index contributed by atoms with van der Waals surface area (Å²) in [5.41, 5.74) is 1.87. The number of hydrogen-bond donors (Lipinski definition) is 1. The minimum Gasteiger partial charge on any atom is -0.352 e. The normalized spacial score (nSPS) is 15.0. The monoisotopic (exact) mass is 503 g/mol. The lowest BCUT2D eigenvalue weighted by Gasteiger charge is -2.32. The number of aryl methyl sites for hydroxylation is 1. The summed E-state index contributed by atoms with van der Waals surface area (Å²) >= 11 is 0. The minimum absolute atomic E-state index is 0.0470. The maximum atomic E-state index is 13.6. The van der Waals surface area contributed by atoms with Crippen LogP contribution in [-0.4, -0.2) is 50.0 Å². The lowest BCUT2D eigenvalue weighted by atomic mass is 10.1. The van der Waals surface area contributed by atoms with Crippen molar-refractivity contribution in [3.63, 3.8) is 0 Å². The fourth-order valence-corrected chi connectivity index (χ4v) is 5.29. The van der Waals surface area contributed by atoms with Gasteiger partial charge in [-0.05, 0) is 55.5 Å². The SMILES string of the molecule is CCc1ccccc1N(CC(=O)N(Cc1ccc(F)cc1)[C@@H](C)C(=O)NC1CCCC1)S(C)(=O)=O. The summed E-state index contributed by atoms with van der Waals surface area (Å²) < 4.78 is 40.0. The topological polar surface area (TPSA) is 86.8 Å². The number of nitrogens with zero attached hydrogens (tertiary/aromatic N) is 2. The van der Waals surface area contributed by atoms with Gasteiger partial charge >= 0.3 is 0 Å². The number of para-hydroxylation sites is 1. The van der Waals surface area contributed by atoms with Crippen molar-refractivity contribution in [1.82, 2.24) is 10.2 Å². The molecule has 190 valence electrons. The quantitative estimate of drug-likeness (QED) is 0.537. The van der Waals surface area contributed by atoms with Crippen LogP contribution in [0.15, 0.2) is 48.5 Å². The van der Waals surface area contributed by atoms with E-state index in [9.17, 15) is 22.4 Å². The Labute approximate surface area is 207 Å². The summed E-state index contributed by atoms with van der Waals surface area (Å²) in [5.74, 6) is -1.20. The van der Waals surface area contributed by atoms with E-state index in [-0.39, 0.29) is 18.5 Å². The Bertz CT molecular complexity index is 1130. The highest BCUT2D eigenvalue weighted by atomic mass is 32.2. The average molecular weight is 504 g/mol. The second-order valence-electron chi connectivity index (χ2n) is 9.07. The molecule has 1 aliphatic carbocycles. The van der Waals surface area contributed by atoms with Gasteiger partial charge < -0.3 is 10.2 Å². The van der Waals surface area contributed by atoms with Crippen LogP contribution in [0, 0.1) is 5.82 Å². The molecule has 0 bridgehead atoms. The average Bonchev–Trinajstić information content (AvgIpc) is 3.34. The van der Waals surface area contributed by atoms with Crippen molar-refractivity contribution in [2.24, 2.45) is 0 Å². The van der Waals surface area contributed by atoms with Gasteiger partial charge in [-0.1, -0.05) is 50.1 Å². The zero-order chi connectivity index (χ0) is 25.6. The van der Waals surface area contributed by atoms with E-state index in [4.69, 9.17) is 0 Å². The van der Waals surface area contributed by atoms with Crippen molar-refractivity contribution in [3.8, 4) is 0 Å². The van der Waals surface area contributed by atoms with Crippen molar-refractivity contribution in [2.75, 3.05) is 17.1 Å². The molecule has 7 nitrogen and oxygen atoms in total. The van der Waals surface area contributed by atoms with Gasteiger partial charge in [0.25, 0.3) is 0 Å². The molecule has 2 aromatic carbocycles. The first-order valence-electron chi connectivity index (χ1n) is 12.0. The van der Waals surface area contributed by atoms with Crippen LogP contribution in [-0.2, 0) is 32.6 Å². The van der Waals surface area contributed by atoms with E-state index in [1.54, 1.807) is 31.2 Å². The summed E-state index contributed by atoms with van der Waals surface area (Å²) in [7, 11) is -3.79. The van der Waals surface area contributed by atoms with Gasteiger partial charge in [0.15, 0.2) is 0 Å². The van der Waals surface area contributed by atoms with Crippen molar-refractivity contribution in [2.45, 2.75) is 64.6 Å². The molecule has 0 radical (unpaired) electrons. The first-order chi connectivity index (χ1) is 16.6. The molecule has 35 heavy (non-hydrogen) atoms. The van der Waals surface area contributed by atoms with Crippen molar-refractivity contribution in [1.29, 1.82) is 0 Å². The molecule has 3 rings (SSSR count). The highest BCUT2D eigenvalue weighted by Gasteiger charge is 2.31. The number of amides is 2. The van der Waals surface area contributed by atoms with Gasteiger partial charge in [0.1, 0.15) is 18.4 Å². The third-order valence-corrected chi connectivity index (χ3v) is 7.58. The van der Waals surface area contributed by atoms with Gasteiger partial charge in [-0.25, -0.2) is 12.8 Å². The predicted molar refractivity (Wildman–Crippen MR) is 135 cm³/mol. The van der Waals surface area contributed by atoms with Crippen molar-refractivity contribution in [3.05, 3.63) is 65.5 Å². The molecule has 0 aliphatic heterocycles. The van der Waals surface area contributed by atoms with Crippen LogP contribution in [0.5, 0.6) is 0 Å². The summed E-state index contributed by atoms with van der Waals surface area (Å²) in [6.07, 6.45) is 5.57. The second kappa shape index (κ2) is 11.7. The molecule has 1 saturated carbocycles. The molecule has 0 aromatic heterocycles. The molecular weight excluding hydrogens is 469 g/mol. The molecule has 9 heteroatoms. The molecule has 0 unspecified atom stereocenters. The first kappa shape index (κ1) is 26.7. The number of anilines is 1. The number of nitrogens with one attached hydrogen (secondary N) is 1. The third-order valence-electron chi connectivity index (χ3n) is 6.46. The molecule has 0 saturated heterocycles. The number of hydrogen-bond acceptors (Lipinski definition) is 4. The number of rotatable bonds is 10. The molecular formula is C26H34FN3O4S. The number of carbonyl (C=O) groups excluding carboxylic acids is 2. The van der Waals surface area contributed by atoms with E-state index in [0.29, 0.717) is 17.7 Å². The molecule has 2 amide bonds. The van der Waals surface area contributed by atoms with E-state index in [2.05, 4.69) is 5.32 Å². The maximum absolute atomic E-state index is 13.6. The molecule has 1 fully saturated rings. The van der Waals surface area contributed by atoms with E-state index in [0.717, 1.165) is 41.8 Å². The zero-order valence-electron chi connectivity index (χ0n) is 20.5. The molecule has 0 spiro atoms. The Hall–Kier alpha value is -2.94. The molecule has 1 aliphatic rings. The largest absolute Gasteiger partial charge is 0.352 e. The number of benzene rings is 2. The smallest absolute Gasteiger partial charge is 0.244 e. The van der Waals surface area contributed by atoms with E-state index < -0.39 is 34.3 Å². The van der Waals surface area contributed by atoms with Gasteiger partial charge in [0, 0.05) is 12.6 Å². The van der Waals surface area contributed by atoms with Crippen LogP contribution >= 0.6 is 0 Å². The van der Waals surface area contributed by atoms with E-state index >= 15 is 0 Å². The van der Waals surface area contributed by atoms with E-state index in [1.165, 1.54) is 17.0 Å². The summed E-state index contributed by atoms with van der Waals surface area (Å²) in [6, 6.07) is 12.0. The minimum atomic E-state index is -3.79. The lowest BCUT2D eigenvalue weighted by molar-refractivity contribution is -0.139. The Balaban J connectivity index is 1.89. The third kappa shape index (κ3) is 7.04. The van der Waals surface area contributed by atoms with Crippen LogP contribution in [0.1, 0.15) is 50.7 Å². The number of halogens is 1. The van der Waals surface area contributed by atoms with Crippen LogP contribution in [0.4, 0.5) is 10.1 Å². The maximum Gasteiger partial charge on any atom is 0.244 e. The van der Waals surface area contributed by atoms with Gasteiger partial charge in [-0.15, -0.1) is 0 Å². The first-order valence-corrected chi connectivity index (χ1v) is 13.8. The zero-order valence-corrected chi connectivity index (χ0v) is 21.4. The fraction of sp³-hybridized carbons (Fsp3) is 0.462. The predicted octanol–water partition coefficient (Wildman–Crippen LogP) is 3.63. The van der Waals surface area contributed by atoms with Gasteiger partial charge in [-0.2, -0.15) is 0 Å².